The molecule has 9 heteroatoms. The lowest BCUT2D eigenvalue weighted by atomic mass is 9.97. The van der Waals surface area contributed by atoms with Gasteiger partial charge in [-0.25, -0.2) is 13.6 Å². The largest absolute Gasteiger partial charge is 0.449 e. The lowest BCUT2D eigenvalue weighted by Crippen LogP contribution is -2.53. The molecule has 0 aliphatic heterocycles. The number of aliphatic hydroxyl groups is 1. The highest BCUT2D eigenvalue weighted by Gasteiger charge is 2.42. The van der Waals surface area contributed by atoms with Gasteiger partial charge in [0.15, 0.2) is 0 Å². The molecular weight excluding hydrogens is 360 g/mol. The summed E-state index contributed by atoms with van der Waals surface area (Å²) in [5.74, 6) is -4.17. The van der Waals surface area contributed by atoms with E-state index in [0.717, 1.165) is 19.8 Å². The smallest absolute Gasteiger partial charge is 0.411 e. The van der Waals surface area contributed by atoms with Crippen molar-refractivity contribution < 1.29 is 28.2 Å². The number of rotatable bonds is 10. The molecule has 27 heavy (non-hydrogen) atoms. The van der Waals surface area contributed by atoms with Crippen LogP contribution in [0.15, 0.2) is 24.3 Å². The number of anilines is 1. The average Bonchev–Trinajstić information content (AvgIpc) is 2.61. The van der Waals surface area contributed by atoms with Gasteiger partial charge < -0.3 is 20.9 Å². The Hall–Kier alpha value is -2.26. The molecule has 1 rings (SSSR count). The zero-order valence-corrected chi connectivity index (χ0v) is 15.5. The van der Waals surface area contributed by atoms with Crippen LogP contribution in [0, 0.1) is 0 Å². The van der Waals surface area contributed by atoms with Crippen molar-refractivity contribution in [3.8, 4) is 0 Å². The molecule has 2 amide bonds. The number of alkyl halides is 2. The first kappa shape index (κ1) is 22.8. The second-order valence-corrected chi connectivity index (χ2v) is 6.29. The summed E-state index contributed by atoms with van der Waals surface area (Å²) >= 11 is 0. The van der Waals surface area contributed by atoms with E-state index in [1.165, 1.54) is 0 Å². The van der Waals surface area contributed by atoms with Crippen molar-refractivity contribution >= 4 is 17.7 Å². The van der Waals surface area contributed by atoms with Gasteiger partial charge in [-0.2, -0.15) is 0 Å². The van der Waals surface area contributed by atoms with Crippen LogP contribution in [0.5, 0.6) is 0 Å². The van der Waals surface area contributed by atoms with E-state index in [4.69, 9.17) is 10.5 Å². The maximum Gasteiger partial charge on any atom is 0.411 e. The number of unbranched alkanes of at least 4 members (excludes halogenated alkanes) is 1. The van der Waals surface area contributed by atoms with Crippen LogP contribution >= 0.6 is 0 Å². The molecule has 5 N–H and O–H groups in total. The minimum absolute atomic E-state index is 0.00193. The summed E-state index contributed by atoms with van der Waals surface area (Å²) < 4.78 is 32.7. The summed E-state index contributed by atoms with van der Waals surface area (Å²) in [4.78, 5) is 22.3. The predicted octanol–water partition coefficient (Wildman–Crippen LogP) is 2.04. The summed E-state index contributed by atoms with van der Waals surface area (Å²) in [5.41, 5.74) is 6.80. The van der Waals surface area contributed by atoms with Gasteiger partial charge in [0, 0.05) is 18.7 Å². The van der Waals surface area contributed by atoms with E-state index in [2.05, 4.69) is 5.32 Å². The van der Waals surface area contributed by atoms with Crippen molar-refractivity contribution in [2.24, 2.45) is 5.73 Å². The molecular formula is C18H27F2N3O4. The van der Waals surface area contributed by atoms with Gasteiger partial charge in [0.05, 0.1) is 13.2 Å². The normalized spacial score (nSPS) is 13.6. The number of benzene rings is 1. The number of nitrogens with one attached hydrogen (secondary N) is 2. The van der Waals surface area contributed by atoms with Gasteiger partial charge in [-0.3, -0.25) is 10.1 Å². The summed E-state index contributed by atoms with van der Waals surface area (Å²) in [7, 11) is 0. The highest BCUT2D eigenvalue weighted by atomic mass is 19.3. The molecule has 7 nitrogen and oxygen atoms in total. The van der Waals surface area contributed by atoms with E-state index in [0.29, 0.717) is 17.9 Å². The number of hydrogen-bond donors (Lipinski definition) is 4. The van der Waals surface area contributed by atoms with Gasteiger partial charge in [-0.1, -0.05) is 25.5 Å². The maximum atomic E-state index is 13.9. The second-order valence-electron chi connectivity index (χ2n) is 6.29. The fraction of sp³-hybridized carbons (Fsp3) is 0.556. The average molecular weight is 387 g/mol. The molecule has 0 aliphatic rings. The Labute approximate surface area is 157 Å². The Balaban J connectivity index is 2.56. The van der Waals surface area contributed by atoms with Gasteiger partial charge in [0.2, 0.25) is 5.91 Å². The first-order valence-electron chi connectivity index (χ1n) is 8.74. The van der Waals surface area contributed by atoms with Crippen molar-refractivity contribution in [2.75, 3.05) is 18.5 Å². The van der Waals surface area contributed by atoms with Crippen LogP contribution < -0.4 is 16.4 Å². The number of carbonyl (C=O) groups is 2. The van der Waals surface area contributed by atoms with Crippen molar-refractivity contribution in [1.82, 2.24) is 5.32 Å². The summed E-state index contributed by atoms with van der Waals surface area (Å²) in [6, 6.07) is 5.17. The van der Waals surface area contributed by atoms with Gasteiger partial charge in [0.1, 0.15) is 6.10 Å². The number of amides is 2. The molecule has 2 unspecified atom stereocenters. The fourth-order valence-electron chi connectivity index (χ4n) is 2.23. The molecule has 0 aliphatic carbocycles. The van der Waals surface area contributed by atoms with Crippen molar-refractivity contribution in [3.05, 3.63) is 29.8 Å². The van der Waals surface area contributed by atoms with E-state index in [9.17, 15) is 23.5 Å². The third kappa shape index (κ3) is 8.31. The third-order valence-corrected chi connectivity index (χ3v) is 3.81. The van der Waals surface area contributed by atoms with Gasteiger partial charge in [-0.15, -0.1) is 0 Å². The number of carbonyl (C=O) groups excluding carboxylic acids is 2. The maximum absolute atomic E-state index is 13.9. The Morgan fingerprint density at radius 3 is 2.48 bits per heavy atom. The topological polar surface area (TPSA) is 114 Å². The number of ether oxygens (including phenoxy) is 1. The number of halogens is 2. The number of aliphatic hydroxyl groups excluding tert-OH is 1. The molecule has 0 heterocycles. The molecule has 1 aromatic carbocycles. The van der Waals surface area contributed by atoms with Gasteiger partial charge in [-0.05, 0) is 30.5 Å². The Morgan fingerprint density at radius 1 is 1.30 bits per heavy atom. The fourth-order valence-corrected chi connectivity index (χ4v) is 2.23. The van der Waals surface area contributed by atoms with E-state index in [1.807, 2.05) is 12.2 Å². The lowest BCUT2D eigenvalue weighted by molar-refractivity contribution is -0.130. The van der Waals surface area contributed by atoms with Crippen molar-refractivity contribution in [2.45, 2.75) is 51.2 Å². The van der Waals surface area contributed by atoms with Crippen LogP contribution in [0.1, 0.15) is 32.3 Å². The molecule has 0 bridgehead atoms. The van der Waals surface area contributed by atoms with Crippen LogP contribution in [0.25, 0.3) is 0 Å². The third-order valence-electron chi connectivity index (χ3n) is 3.81. The zero-order chi connectivity index (χ0) is 20.4. The molecule has 0 saturated heterocycles. The second kappa shape index (κ2) is 10.8. The first-order valence-corrected chi connectivity index (χ1v) is 8.74. The van der Waals surface area contributed by atoms with Crippen LogP contribution in [-0.4, -0.2) is 48.3 Å². The van der Waals surface area contributed by atoms with Gasteiger partial charge in [0.25, 0.3) is 5.92 Å². The quantitative estimate of drug-likeness (QED) is 0.459. The van der Waals surface area contributed by atoms with Crippen molar-refractivity contribution in [1.29, 1.82) is 0 Å². The molecule has 152 valence electrons. The first-order chi connectivity index (χ1) is 12.7. The molecule has 0 spiro atoms. The molecule has 0 aromatic heterocycles. The van der Waals surface area contributed by atoms with E-state index in [1.54, 1.807) is 24.3 Å². The van der Waals surface area contributed by atoms with Crippen LogP contribution in [0.3, 0.4) is 0 Å². The van der Waals surface area contributed by atoms with Gasteiger partial charge >= 0.3 is 6.09 Å². The minimum atomic E-state index is -3.55. The number of nitrogens with two attached hydrogens (primary N) is 1. The van der Waals surface area contributed by atoms with Crippen molar-refractivity contribution in [3.63, 3.8) is 0 Å². The molecule has 0 fully saturated rings. The molecule has 0 saturated carbocycles. The molecule has 0 radical (unpaired) electrons. The molecule has 2 atom stereocenters. The monoisotopic (exact) mass is 387 g/mol. The van der Waals surface area contributed by atoms with E-state index < -0.39 is 36.6 Å². The zero-order valence-electron chi connectivity index (χ0n) is 15.5. The summed E-state index contributed by atoms with van der Waals surface area (Å²) in [6.07, 6.45) is -0.994. The summed E-state index contributed by atoms with van der Waals surface area (Å²) in [5, 5.41) is 14.3. The Kier molecular flexibility index (Phi) is 9.10. The molecule has 1 aromatic rings. The van der Waals surface area contributed by atoms with Crippen LogP contribution in [-0.2, 0) is 16.0 Å². The Morgan fingerprint density at radius 2 is 1.93 bits per heavy atom. The predicted molar refractivity (Wildman–Crippen MR) is 97.6 cm³/mol. The minimum Gasteiger partial charge on any atom is -0.449 e. The SMILES string of the molecule is CCCCOC(=O)Nc1ccc(CC(N)C(O)C(F)(F)CNC(C)=O)cc1. The summed E-state index contributed by atoms with van der Waals surface area (Å²) in [6.45, 7) is 2.44. The van der Waals surface area contributed by atoms with Crippen LogP contribution in [0.2, 0.25) is 0 Å². The highest BCUT2D eigenvalue weighted by Crippen LogP contribution is 2.22. The van der Waals surface area contributed by atoms with E-state index in [-0.39, 0.29) is 6.42 Å². The standard InChI is InChI=1S/C18H27F2N3O4/c1-3-4-9-27-17(26)23-14-7-5-13(6-8-14)10-15(21)16(25)18(19,20)11-22-12(2)24/h5-8,15-16,25H,3-4,9-11,21H2,1-2H3,(H,22,24)(H,23,26). The lowest BCUT2D eigenvalue weighted by Gasteiger charge is -2.27. The number of hydrogen-bond acceptors (Lipinski definition) is 5. The Bertz CT molecular complexity index is 611. The van der Waals surface area contributed by atoms with E-state index >= 15 is 0 Å². The highest BCUT2D eigenvalue weighted by molar-refractivity contribution is 5.84. The van der Waals surface area contributed by atoms with Crippen LogP contribution in [0.4, 0.5) is 19.3 Å².